The molecule has 0 saturated carbocycles. The van der Waals surface area contributed by atoms with Crippen LogP contribution in [0.2, 0.25) is 0 Å². The molecule has 1 aliphatic heterocycles. The predicted molar refractivity (Wildman–Crippen MR) is 62.4 cm³/mol. The Balaban J connectivity index is 2.30. The number of likely N-dealkylation sites (tertiary alicyclic amines) is 1. The minimum absolute atomic E-state index is 0.344. The van der Waals surface area contributed by atoms with Crippen LogP contribution in [-0.4, -0.2) is 30.1 Å². The Morgan fingerprint density at radius 3 is 2.79 bits per heavy atom. The van der Waals surface area contributed by atoms with Gasteiger partial charge in [0.15, 0.2) is 0 Å². The van der Waals surface area contributed by atoms with Crippen LogP contribution in [0.15, 0.2) is 0 Å². The van der Waals surface area contributed by atoms with E-state index in [1.54, 1.807) is 0 Å². The number of hydrogen-bond acceptors (Lipinski definition) is 2. The monoisotopic (exact) mass is 198 g/mol. The fourth-order valence-corrected chi connectivity index (χ4v) is 2.45. The molecule has 2 nitrogen and oxygen atoms in total. The zero-order valence-electron chi connectivity index (χ0n) is 9.84. The molecular formula is C12H26N2. The highest BCUT2D eigenvalue weighted by molar-refractivity contribution is 4.82. The molecule has 1 saturated heterocycles. The third-order valence-electron chi connectivity index (χ3n) is 3.32. The largest absolute Gasteiger partial charge is 0.327 e. The highest BCUT2D eigenvalue weighted by atomic mass is 15.2. The van der Waals surface area contributed by atoms with Crippen LogP contribution in [0.3, 0.4) is 0 Å². The zero-order chi connectivity index (χ0) is 10.4. The average molecular weight is 198 g/mol. The van der Waals surface area contributed by atoms with Crippen molar-refractivity contribution in [2.75, 3.05) is 13.1 Å². The van der Waals surface area contributed by atoms with E-state index in [0.717, 1.165) is 0 Å². The Bertz CT molecular complexity index is 145. The van der Waals surface area contributed by atoms with Gasteiger partial charge in [0.05, 0.1) is 0 Å². The van der Waals surface area contributed by atoms with E-state index in [4.69, 9.17) is 5.73 Å². The van der Waals surface area contributed by atoms with E-state index >= 15 is 0 Å². The normalized spacial score (nSPS) is 26.4. The quantitative estimate of drug-likeness (QED) is 0.687. The van der Waals surface area contributed by atoms with E-state index in [2.05, 4.69) is 18.7 Å². The molecule has 0 aromatic heterocycles. The van der Waals surface area contributed by atoms with Gasteiger partial charge < -0.3 is 5.73 Å². The summed E-state index contributed by atoms with van der Waals surface area (Å²) in [6, 6.07) is 0.998. The van der Waals surface area contributed by atoms with E-state index < -0.39 is 0 Å². The first-order valence-corrected chi connectivity index (χ1v) is 6.25. The van der Waals surface area contributed by atoms with Crippen molar-refractivity contribution in [1.29, 1.82) is 0 Å². The second-order valence-electron chi connectivity index (χ2n) is 4.67. The van der Waals surface area contributed by atoms with Crippen molar-refractivity contribution in [2.45, 2.75) is 64.5 Å². The zero-order valence-corrected chi connectivity index (χ0v) is 9.84. The van der Waals surface area contributed by atoms with Gasteiger partial charge in [-0.25, -0.2) is 0 Å². The molecule has 1 heterocycles. The third-order valence-corrected chi connectivity index (χ3v) is 3.32. The molecular weight excluding hydrogens is 172 g/mol. The average Bonchev–Trinajstić information content (AvgIpc) is 2.19. The van der Waals surface area contributed by atoms with Crippen LogP contribution in [0, 0.1) is 0 Å². The molecule has 1 rings (SSSR count). The van der Waals surface area contributed by atoms with Crippen LogP contribution in [0.25, 0.3) is 0 Å². The fraction of sp³-hybridized carbons (Fsp3) is 1.00. The number of hydrogen-bond donors (Lipinski definition) is 1. The van der Waals surface area contributed by atoms with E-state index in [1.165, 1.54) is 51.6 Å². The van der Waals surface area contributed by atoms with E-state index in [0.29, 0.717) is 12.1 Å². The number of piperidine rings is 1. The predicted octanol–water partition coefficient (Wildman–Crippen LogP) is 2.38. The lowest BCUT2D eigenvalue weighted by molar-refractivity contribution is 0.128. The van der Waals surface area contributed by atoms with Gasteiger partial charge in [0.2, 0.25) is 0 Å². The molecule has 0 amide bonds. The van der Waals surface area contributed by atoms with Crippen molar-refractivity contribution in [2.24, 2.45) is 5.73 Å². The molecule has 0 bridgehead atoms. The van der Waals surface area contributed by atoms with Gasteiger partial charge in [0.25, 0.3) is 0 Å². The summed E-state index contributed by atoms with van der Waals surface area (Å²) in [6.07, 6.45) is 8.08. The molecule has 2 unspecified atom stereocenters. The SMILES string of the molecule is CCCCCN1CCCCC1C(C)N. The van der Waals surface area contributed by atoms with Gasteiger partial charge in [0, 0.05) is 12.1 Å². The summed E-state index contributed by atoms with van der Waals surface area (Å²) >= 11 is 0. The third kappa shape index (κ3) is 3.58. The number of unbranched alkanes of at least 4 members (excludes halogenated alkanes) is 2. The lowest BCUT2D eigenvalue weighted by atomic mass is 9.96. The lowest BCUT2D eigenvalue weighted by Gasteiger charge is -2.38. The molecule has 84 valence electrons. The highest BCUT2D eigenvalue weighted by Gasteiger charge is 2.24. The van der Waals surface area contributed by atoms with E-state index in [-0.39, 0.29) is 0 Å². The van der Waals surface area contributed by atoms with E-state index in [1.807, 2.05) is 0 Å². The number of nitrogens with two attached hydrogens (primary N) is 1. The Morgan fingerprint density at radius 1 is 1.36 bits per heavy atom. The lowest BCUT2D eigenvalue weighted by Crippen LogP contribution is -2.49. The number of nitrogens with zero attached hydrogens (tertiary/aromatic N) is 1. The van der Waals surface area contributed by atoms with Crippen molar-refractivity contribution < 1.29 is 0 Å². The molecule has 0 aromatic carbocycles. The standard InChI is InChI=1S/C12H26N2/c1-3-4-6-9-14-10-7-5-8-12(14)11(2)13/h11-12H,3-10,13H2,1-2H3. The maximum absolute atomic E-state index is 6.02. The van der Waals surface area contributed by atoms with E-state index in [9.17, 15) is 0 Å². The van der Waals surface area contributed by atoms with Gasteiger partial charge in [-0.2, -0.15) is 0 Å². The first kappa shape index (κ1) is 12.0. The summed E-state index contributed by atoms with van der Waals surface area (Å²) in [7, 11) is 0. The van der Waals surface area contributed by atoms with Crippen LogP contribution < -0.4 is 5.73 Å². The Morgan fingerprint density at radius 2 is 2.14 bits per heavy atom. The highest BCUT2D eigenvalue weighted by Crippen LogP contribution is 2.19. The first-order valence-electron chi connectivity index (χ1n) is 6.25. The summed E-state index contributed by atoms with van der Waals surface area (Å²) in [6.45, 7) is 6.96. The van der Waals surface area contributed by atoms with Crippen molar-refractivity contribution in [3.05, 3.63) is 0 Å². The summed E-state index contributed by atoms with van der Waals surface area (Å²) < 4.78 is 0. The molecule has 2 heteroatoms. The molecule has 14 heavy (non-hydrogen) atoms. The topological polar surface area (TPSA) is 29.3 Å². The van der Waals surface area contributed by atoms with Gasteiger partial charge in [-0.1, -0.05) is 26.2 Å². The van der Waals surface area contributed by atoms with Gasteiger partial charge in [0.1, 0.15) is 0 Å². The van der Waals surface area contributed by atoms with Crippen molar-refractivity contribution in [1.82, 2.24) is 4.90 Å². The second-order valence-corrected chi connectivity index (χ2v) is 4.67. The summed E-state index contributed by atoms with van der Waals surface area (Å²) in [5, 5.41) is 0. The molecule has 0 spiro atoms. The van der Waals surface area contributed by atoms with Crippen molar-refractivity contribution in [3.8, 4) is 0 Å². The van der Waals surface area contributed by atoms with Gasteiger partial charge >= 0.3 is 0 Å². The van der Waals surface area contributed by atoms with Crippen LogP contribution >= 0.6 is 0 Å². The first-order chi connectivity index (χ1) is 6.75. The molecule has 0 aromatic rings. The summed E-state index contributed by atoms with van der Waals surface area (Å²) in [5.41, 5.74) is 6.02. The van der Waals surface area contributed by atoms with Crippen molar-refractivity contribution >= 4 is 0 Å². The van der Waals surface area contributed by atoms with Crippen LogP contribution in [-0.2, 0) is 0 Å². The minimum Gasteiger partial charge on any atom is -0.327 e. The Labute approximate surface area is 88.8 Å². The number of rotatable bonds is 5. The summed E-state index contributed by atoms with van der Waals surface area (Å²) in [4.78, 5) is 2.61. The molecule has 2 atom stereocenters. The molecule has 0 aliphatic carbocycles. The minimum atomic E-state index is 0.344. The molecule has 2 N–H and O–H groups in total. The fourth-order valence-electron chi connectivity index (χ4n) is 2.45. The smallest absolute Gasteiger partial charge is 0.0244 e. The maximum atomic E-state index is 6.02. The van der Waals surface area contributed by atoms with Gasteiger partial charge in [-0.05, 0) is 39.3 Å². The van der Waals surface area contributed by atoms with Crippen LogP contribution in [0.5, 0.6) is 0 Å². The van der Waals surface area contributed by atoms with Crippen LogP contribution in [0.1, 0.15) is 52.4 Å². The summed E-state index contributed by atoms with van der Waals surface area (Å²) in [5.74, 6) is 0. The second kappa shape index (κ2) is 6.41. The van der Waals surface area contributed by atoms with Crippen LogP contribution in [0.4, 0.5) is 0 Å². The van der Waals surface area contributed by atoms with Crippen molar-refractivity contribution in [3.63, 3.8) is 0 Å². The molecule has 1 fully saturated rings. The Kier molecular flexibility index (Phi) is 5.49. The molecule has 1 aliphatic rings. The van der Waals surface area contributed by atoms with Gasteiger partial charge in [-0.15, -0.1) is 0 Å². The Hall–Kier alpha value is -0.0800. The molecule has 0 radical (unpaired) electrons. The van der Waals surface area contributed by atoms with Gasteiger partial charge in [-0.3, -0.25) is 4.90 Å². The maximum Gasteiger partial charge on any atom is 0.0244 e.